The van der Waals surface area contributed by atoms with E-state index in [1.807, 2.05) is 35.7 Å². The van der Waals surface area contributed by atoms with E-state index in [9.17, 15) is 9.18 Å². The van der Waals surface area contributed by atoms with Crippen LogP contribution in [0.4, 0.5) is 10.3 Å². The molecule has 0 aliphatic carbocycles. The van der Waals surface area contributed by atoms with Crippen LogP contribution in [0.15, 0.2) is 60.9 Å². The molecule has 134 valence electrons. The fraction of sp³-hybridized carbons (Fsp3) is 0.100. The Morgan fingerprint density at radius 1 is 1.11 bits per heavy atom. The number of carbonyl (C=O) groups is 1. The molecule has 3 aromatic heterocycles. The lowest BCUT2D eigenvalue weighted by Gasteiger charge is -2.07. The molecule has 0 atom stereocenters. The van der Waals surface area contributed by atoms with Crippen LogP contribution < -0.4 is 5.32 Å². The van der Waals surface area contributed by atoms with Crippen molar-refractivity contribution in [2.75, 3.05) is 5.32 Å². The fourth-order valence-corrected chi connectivity index (χ4v) is 2.93. The van der Waals surface area contributed by atoms with Crippen LogP contribution in [-0.2, 0) is 11.2 Å². The van der Waals surface area contributed by atoms with Crippen molar-refractivity contribution in [1.29, 1.82) is 0 Å². The molecule has 6 nitrogen and oxygen atoms in total. The highest BCUT2D eigenvalue weighted by Crippen LogP contribution is 2.23. The summed E-state index contributed by atoms with van der Waals surface area (Å²) in [6.45, 7) is 1.91. The zero-order chi connectivity index (χ0) is 18.8. The molecular formula is C20H16FN5O. The lowest BCUT2D eigenvalue weighted by atomic mass is 10.1. The van der Waals surface area contributed by atoms with Gasteiger partial charge >= 0.3 is 0 Å². The van der Waals surface area contributed by atoms with Gasteiger partial charge < -0.3 is 0 Å². The lowest BCUT2D eigenvalue weighted by molar-refractivity contribution is -0.115. The van der Waals surface area contributed by atoms with Gasteiger partial charge in [0.15, 0.2) is 0 Å². The number of anilines is 1. The van der Waals surface area contributed by atoms with Gasteiger partial charge in [-0.3, -0.25) is 14.5 Å². The average molecular weight is 361 g/mol. The summed E-state index contributed by atoms with van der Waals surface area (Å²) in [5.74, 6) is -0.392. The minimum atomic E-state index is -0.335. The molecule has 4 rings (SSSR count). The van der Waals surface area contributed by atoms with Crippen LogP contribution in [0.1, 0.15) is 11.3 Å². The van der Waals surface area contributed by atoms with E-state index in [0.29, 0.717) is 11.3 Å². The maximum atomic E-state index is 13.0. The Bertz CT molecular complexity index is 1120. The fourth-order valence-electron chi connectivity index (χ4n) is 2.93. The Morgan fingerprint density at radius 3 is 2.74 bits per heavy atom. The number of nitrogens with zero attached hydrogens (tertiary/aromatic N) is 4. The Morgan fingerprint density at radius 2 is 1.93 bits per heavy atom. The van der Waals surface area contributed by atoms with Crippen molar-refractivity contribution in [2.45, 2.75) is 13.3 Å². The third kappa shape index (κ3) is 3.52. The van der Waals surface area contributed by atoms with Crippen molar-refractivity contribution in [3.8, 4) is 11.4 Å². The SMILES string of the molecule is Cc1nc2ccccn2c1-c1ccnc(NC(=O)Cc2ccc(F)cc2)n1. The number of halogens is 1. The predicted molar refractivity (Wildman–Crippen MR) is 99.7 cm³/mol. The molecule has 0 aliphatic rings. The van der Waals surface area contributed by atoms with Gasteiger partial charge in [0.05, 0.1) is 23.5 Å². The van der Waals surface area contributed by atoms with Crippen LogP contribution in [0, 0.1) is 12.7 Å². The smallest absolute Gasteiger partial charge is 0.231 e. The molecule has 1 N–H and O–H groups in total. The van der Waals surface area contributed by atoms with Gasteiger partial charge in [-0.2, -0.15) is 0 Å². The van der Waals surface area contributed by atoms with Gasteiger partial charge in [-0.1, -0.05) is 18.2 Å². The van der Waals surface area contributed by atoms with Gasteiger partial charge in [-0.25, -0.2) is 19.3 Å². The van der Waals surface area contributed by atoms with Crippen LogP contribution in [0.3, 0.4) is 0 Å². The van der Waals surface area contributed by atoms with Crippen LogP contribution >= 0.6 is 0 Å². The van der Waals surface area contributed by atoms with E-state index in [1.165, 1.54) is 12.1 Å². The highest BCUT2D eigenvalue weighted by Gasteiger charge is 2.13. The molecule has 0 unspecified atom stereocenters. The molecule has 0 fully saturated rings. The van der Waals surface area contributed by atoms with E-state index >= 15 is 0 Å². The van der Waals surface area contributed by atoms with Crippen molar-refractivity contribution in [3.05, 3.63) is 78.0 Å². The van der Waals surface area contributed by atoms with Crippen molar-refractivity contribution in [1.82, 2.24) is 19.4 Å². The molecule has 1 amide bonds. The number of rotatable bonds is 4. The highest BCUT2D eigenvalue weighted by molar-refractivity contribution is 5.90. The van der Waals surface area contributed by atoms with Gasteiger partial charge in [0, 0.05) is 12.4 Å². The molecule has 27 heavy (non-hydrogen) atoms. The Labute approximate surface area is 154 Å². The Hall–Kier alpha value is -3.61. The largest absolute Gasteiger partial charge is 0.298 e. The standard InChI is InChI=1S/C20H16FN5O/c1-13-19(26-11-3-2-4-17(26)23-13)16-9-10-22-20(24-16)25-18(27)12-14-5-7-15(21)8-6-14/h2-11H,12H2,1H3,(H,22,24,25,27). The summed E-state index contributed by atoms with van der Waals surface area (Å²) in [4.78, 5) is 25.3. The summed E-state index contributed by atoms with van der Waals surface area (Å²) in [5.41, 5.74) is 3.89. The molecule has 0 bridgehead atoms. The molecule has 3 heterocycles. The molecule has 4 aromatic rings. The van der Waals surface area contributed by atoms with E-state index in [1.54, 1.807) is 24.4 Å². The highest BCUT2D eigenvalue weighted by atomic mass is 19.1. The molecule has 0 saturated heterocycles. The second-order valence-corrected chi connectivity index (χ2v) is 6.09. The van der Waals surface area contributed by atoms with E-state index in [0.717, 1.165) is 17.0 Å². The first-order valence-electron chi connectivity index (χ1n) is 8.41. The summed E-state index contributed by atoms with van der Waals surface area (Å²) in [5, 5.41) is 2.69. The number of aryl methyl sites for hydroxylation is 1. The second-order valence-electron chi connectivity index (χ2n) is 6.09. The number of imidazole rings is 1. The Kier molecular flexibility index (Phi) is 4.33. The zero-order valence-corrected chi connectivity index (χ0v) is 14.6. The number of hydrogen-bond donors (Lipinski definition) is 1. The summed E-state index contributed by atoms with van der Waals surface area (Å²) < 4.78 is 14.9. The maximum absolute atomic E-state index is 13.0. The molecule has 0 saturated carbocycles. The van der Waals surface area contributed by atoms with Gasteiger partial charge in [0.1, 0.15) is 11.5 Å². The van der Waals surface area contributed by atoms with Gasteiger partial charge in [-0.05, 0) is 42.8 Å². The third-order valence-corrected chi connectivity index (χ3v) is 4.13. The summed E-state index contributed by atoms with van der Waals surface area (Å²) in [7, 11) is 0. The van der Waals surface area contributed by atoms with E-state index in [4.69, 9.17) is 0 Å². The van der Waals surface area contributed by atoms with Crippen LogP contribution in [0.5, 0.6) is 0 Å². The van der Waals surface area contributed by atoms with Crippen LogP contribution in [0.2, 0.25) is 0 Å². The van der Waals surface area contributed by atoms with E-state index in [2.05, 4.69) is 20.3 Å². The first-order valence-corrected chi connectivity index (χ1v) is 8.41. The normalized spacial score (nSPS) is 10.9. The Balaban J connectivity index is 1.58. The summed E-state index contributed by atoms with van der Waals surface area (Å²) in [6, 6.07) is 13.3. The van der Waals surface area contributed by atoms with Gasteiger partial charge in [0.25, 0.3) is 0 Å². The topological polar surface area (TPSA) is 72.2 Å². The number of pyridine rings is 1. The minimum absolute atomic E-state index is 0.114. The molecule has 7 heteroatoms. The van der Waals surface area contributed by atoms with Gasteiger partial charge in [0.2, 0.25) is 11.9 Å². The van der Waals surface area contributed by atoms with Crippen molar-refractivity contribution in [3.63, 3.8) is 0 Å². The van der Waals surface area contributed by atoms with Gasteiger partial charge in [-0.15, -0.1) is 0 Å². The number of benzene rings is 1. The first kappa shape index (κ1) is 16.8. The van der Waals surface area contributed by atoms with Crippen LogP contribution in [-0.4, -0.2) is 25.3 Å². The molecule has 0 spiro atoms. The minimum Gasteiger partial charge on any atom is -0.298 e. The number of hydrogen-bond acceptors (Lipinski definition) is 4. The zero-order valence-electron chi connectivity index (χ0n) is 14.6. The maximum Gasteiger partial charge on any atom is 0.231 e. The molecule has 0 radical (unpaired) electrons. The van der Waals surface area contributed by atoms with Crippen molar-refractivity contribution >= 4 is 17.5 Å². The van der Waals surface area contributed by atoms with Crippen molar-refractivity contribution in [2.24, 2.45) is 0 Å². The van der Waals surface area contributed by atoms with E-state index in [-0.39, 0.29) is 24.1 Å². The first-order chi connectivity index (χ1) is 13.1. The monoisotopic (exact) mass is 361 g/mol. The lowest BCUT2D eigenvalue weighted by Crippen LogP contribution is -2.16. The number of carbonyl (C=O) groups excluding carboxylic acids is 1. The number of aromatic nitrogens is 4. The molecule has 0 aliphatic heterocycles. The third-order valence-electron chi connectivity index (χ3n) is 4.13. The summed E-state index contributed by atoms with van der Waals surface area (Å²) >= 11 is 0. The average Bonchev–Trinajstić information content (AvgIpc) is 2.99. The molecular weight excluding hydrogens is 345 g/mol. The summed E-state index contributed by atoms with van der Waals surface area (Å²) in [6.07, 6.45) is 3.62. The van der Waals surface area contributed by atoms with E-state index < -0.39 is 0 Å². The molecule has 1 aromatic carbocycles. The number of nitrogens with one attached hydrogen (secondary N) is 1. The predicted octanol–water partition coefficient (Wildman–Crippen LogP) is 3.42. The number of fused-ring (bicyclic) bond motifs is 1. The van der Waals surface area contributed by atoms with Crippen LogP contribution in [0.25, 0.3) is 17.0 Å². The van der Waals surface area contributed by atoms with Crippen molar-refractivity contribution < 1.29 is 9.18 Å². The second kappa shape index (κ2) is 6.95. The quantitative estimate of drug-likeness (QED) is 0.605. The number of amides is 1.